The Kier molecular flexibility index (Phi) is 6.16. The minimum Gasteiger partial charge on any atom is -0.493 e. The van der Waals surface area contributed by atoms with Crippen molar-refractivity contribution >= 4 is 34.2 Å². The third-order valence-electron chi connectivity index (χ3n) is 6.28. The molecule has 6 nitrogen and oxygen atoms in total. The number of halogens is 1. The summed E-state index contributed by atoms with van der Waals surface area (Å²) < 4.78 is 13.6. The van der Waals surface area contributed by atoms with Crippen LogP contribution in [0.5, 0.6) is 11.5 Å². The number of fused-ring (bicyclic) bond motifs is 1. The molecule has 1 aromatic heterocycles. The predicted octanol–water partition coefficient (Wildman–Crippen LogP) is 5.61. The molecule has 0 saturated carbocycles. The van der Waals surface area contributed by atoms with Crippen LogP contribution in [0.1, 0.15) is 23.7 Å². The second-order valence-electron chi connectivity index (χ2n) is 8.45. The van der Waals surface area contributed by atoms with Crippen LogP contribution in [0.3, 0.4) is 0 Å². The number of imidazole rings is 1. The van der Waals surface area contributed by atoms with Crippen LogP contribution in [-0.2, 0) is 11.3 Å². The van der Waals surface area contributed by atoms with Gasteiger partial charge in [0.15, 0.2) is 11.5 Å². The van der Waals surface area contributed by atoms with E-state index < -0.39 is 0 Å². The monoisotopic (exact) mass is 475 g/mol. The van der Waals surface area contributed by atoms with Crippen molar-refractivity contribution in [2.75, 3.05) is 25.2 Å². The zero-order valence-electron chi connectivity index (χ0n) is 19.2. The summed E-state index contributed by atoms with van der Waals surface area (Å²) >= 11 is 6.32. The van der Waals surface area contributed by atoms with Crippen molar-refractivity contribution < 1.29 is 14.3 Å². The SMILES string of the molecule is COc1ccccc1OCCn1c(C2CC(=O)N(c3ccc(C)c(Cl)c3)C2)nc2ccccc21. The Morgan fingerprint density at radius 3 is 2.62 bits per heavy atom. The van der Waals surface area contributed by atoms with Gasteiger partial charge in [-0.25, -0.2) is 4.98 Å². The molecule has 1 fully saturated rings. The summed E-state index contributed by atoms with van der Waals surface area (Å²) in [7, 11) is 1.63. The molecular weight excluding hydrogens is 450 g/mol. The number of aromatic nitrogens is 2. The number of anilines is 1. The summed E-state index contributed by atoms with van der Waals surface area (Å²) in [6.07, 6.45) is 0.405. The molecule has 1 aliphatic heterocycles. The second kappa shape index (κ2) is 9.39. The van der Waals surface area contributed by atoms with Crippen molar-refractivity contribution in [1.82, 2.24) is 9.55 Å². The van der Waals surface area contributed by atoms with Crippen LogP contribution in [0.25, 0.3) is 11.0 Å². The lowest BCUT2D eigenvalue weighted by Gasteiger charge is -2.18. The van der Waals surface area contributed by atoms with Crippen molar-refractivity contribution in [3.05, 3.63) is 83.1 Å². The van der Waals surface area contributed by atoms with Gasteiger partial charge in [-0.1, -0.05) is 41.9 Å². The molecular formula is C27H26ClN3O3. The van der Waals surface area contributed by atoms with E-state index in [2.05, 4.69) is 10.6 Å². The molecule has 174 valence electrons. The summed E-state index contributed by atoms with van der Waals surface area (Å²) in [5.41, 5.74) is 3.76. The molecule has 0 aliphatic carbocycles. The first-order chi connectivity index (χ1) is 16.5. The first-order valence-electron chi connectivity index (χ1n) is 11.3. The van der Waals surface area contributed by atoms with E-state index in [0.29, 0.717) is 42.6 Å². The number of benzene rings is 3. The van der Waals surface area contributed by atoms with Crippen molar-refractivity contribution in [2.45, 2.75) is 25.8 Å². The topological polar surface area (TPSA) is 56.6 Å². The van der Waals surface area contributed by atoms with Gasteiger partial charge in [0.05, 0.1) is 24.7 Å². The third kappa shape index (κ3) is 4.21. The van der Waals surface area contributed by atoms with E-state index in [9.17, 15) is 4.79 Å². The van der Waals surface area contributed by atoms with E-state index in [1.165, 1.54) is 0 Å². The lowest BCUT2D eigenvalue weighted by atomic mass is 10.1. The summed E-state index contributed by atoms with van der Waals surface area (Å²) in [6, 6.07) is 21.4. The van der Waals surface area contributed by atoms with Crippen LogP contribution in [-0.4, -0.2) is 35.7 Å². The highest BCUT2D eigenvalue weighted by molar-refractivity contribution is 6.31. The Morgan fingerprint density at radius 1 is 1.06 bits per heavy atom. The number of para-hydroxylation sites is 4. The highest BCUT2D eigenvalue weighted by atomic mass is 35.5. The summed E-state index contributed by atoms with van der Waals surface area (Å²) in [4.78, 5) is 19.7. The Bertz CT molecular complexity index is 1350. The number of carbonyl (C=O) groups excluding carboxylic acids is 1. The van der Waals surface area contributed by atoms with E-state index in [1.807, 2.05) is 72.5 Å². The number of hydrogen-bond acceptors (Lipinski definition) is 4. The number of rotatable bonds is 7. The Balaban J connectivity index is 1.40. The van der Waals surface area contributed by atoms with Crippen LogP contribution in [0.4, 0.5) is 5.69 Å². The fourth-order valence-corrected chi connectivity index (χ4v) is 4.68. The second-order valence-corrected chi connectivity index (χ2v) is 8.86. The standard InChI is InChI=1S/C27H26ClN3O3/c1-18-11-12-20(16-21(18)28)31-17-19(15-26(31)32)27-29-22-7-3-4-8-23(22)30(27)13-14-34-25-10-6-5-9-24(25)33-2/h3-12,16,19H,13-15,17H2,1-2H3. The van der Waals surface area contributed by atoms with E-state index >= 15 is 0 Å². The molecule has 1 amide bonds. The maximum atomic E-state index is 13.0. The van der Waals surface area contributed by atoms with E-state index in [1.54, 1.807) is 7.11 Å². The van der Waals surface area contributed by atoms with Crippen molar-refractivity contribution in [2.24, 2.45) is 0 Å². The first kappa shape index (κ1) is 22.3. The molecule has 2 heterocycles. The van der Waals surface area contributed by atoms with Gasteiger partial charge in [0, 0.05) is 29.6 Å². The molecule has 1 saturated heterocycles. The van der Waals surface area contributed by atoms with E-state index in [4.69, 9.17) is 26.1 Å². The van der Waals surface area contributed by atoms with Gasteiger partial charge >= 0.3 is 0 Å². The van der Waals surface area contributed by atoms with Gasteiger partial charge < -0.3 is 18.9 Å². The number of amides is 1. The smallest absolute Gasteiger partial charge is 0.227 e. The van der Waals surface area contributed by atoms with Gasteiger partial charge in [-0.15, -0.1) is 0 Å². The van der Waals surface area contributed by atoms with Gasteiger partial charge in [-0.3, -0.25) is 4.79 Å². The Labute approximate surface area is 203 Å². The first-order valence-corrected chi connectivity index (χ1v) is 11.7. The average Bonchev–Trinajstić information content (AvgIpc) is 3.42. The maximum absolute atomic E-state index is 13.0. The maximum Gasteiger partial charge on any atom is 0.227 e. The number of aryl methyl sites for hydroxylation is 1. The summed E-state index contributed by atoms with van der Waals surface area (Å²) in [5.74, 6) is 2.36. The van der Waals surface area contributed by atoms with Gasteiger partial charge in [0.1, 0.15) is 12.4 Å². The Hall–Kier alpha value is -3.51. The molecule has 1 unspecified atom stereocenters. The van der Waals surface area contributed by atoms with E-state index in [-0.39, 0.29) is 11.8 Å². The van der Waals surface area contributed by atoms with Crippen LogP contribution >= 0.6 is 11.6 Å². The number of hydrogen-bond donors (Lipinski definition) is 0. The molecule has 0 N–H and O–H groups in total. The molecule has 0 spiro atoms. The molecule has 1 aliphatic rings. The quantitative estimate of drug-likeness (QED) is 0.349. The number of methoxy groups -OCH3 is 1. The molecule has 34 heavy (non-hydrogen) atoms. The molecule has 5 rings (SSSR count). The van der Waals surface area contributed by atoms with Crippen LogP contribution < -0.4 is 14.4 Å². The molecule has 1 atom stereocenters. The van der Waals surface area contributed by atoms with Crippen LogP contribution in [0, 0.1) is 6.92 Å². The number of nitrogens with zero attached hydrogens (tertiary/aromatic N) is 3. The molecule has 4 aromatic rings. The van der Waals surface area contributed by atoms with E-state index in [0.717, 1.165) is 28.1 Å². The van der Waals surface area contributed by atoms with Crippen molar-refractivity contribution in [3.8, 4) is 11.5 Å². The van der Waals surface area contributed by atoms with Gasteiger partial charge in [-0.2, -0.15) is 0 Å². The predicted molar refractivity (Wildman–Crippen MR) is 134 cm³/mol. The number of ether oxygens (including phenoxy) is 2. The van der Waals surface area contributed by atoms with Crippen LogP contribution in [0.2, 0.25) is 5.02 Å². The largest absolute Gasteiger partial charge is 0.493 e. The van der Waals surface area contributed by atoms with Crippen molar-refractivity contribution in [3.63, 3.8) is 0 Å². The summed E-state index contributed by atoms with van der Waals surface area (Å²) in [6.45, 7) is 3.58. The lowest BCUT2D eigenvalue weighted by molar-refractivity contribution is -0.117. The van der Waals surface area contributed by atoms with Crippen LogP contribution in [0.15, 0.2) is 66.7 Å². The van der Waals surface area contributed by atoms with Gasteiger partial charge in [0.2, 0.25) is 5.91 Å². The Morgan fingerprint density at radius 2 is 1.82 bits per heavy atom. The minimum absolute atomic E-state index is 0.0220. The minimum atomic E-state index is -0.0220. The van der Waals surface area contributed by atoms with Crippen molar-refractivity contribution in [1.29, 1.82) is 0 Å². The lowest BCUT2D eigenvalue weighted by Crippen LogP contribution is -2.24. The third-order valence-corrected chi connectivity index (χ3v) is 6.69. The molecule has 7 heteroatoms. The summed E-state index contributed by atoms with van der Waals surface area (Å²) in [5, 5.41) is 0.662. The highest BCUT2D eigenvalue weighted by Gasteiger charge is 2.35. The highest BCUT2D eigenvalue weighted by Crippen LogP contribution is 2.34. The molecule has 0 radical (unpaired) electrons. The average molecular weight is 476 g/mol. The fraction of sp³-hybridized carbons (Fsp3) is 0.259. The normalized spacial score (nSPS) is 15.8. The molecule has 3 aromatic carbocycles. The van der Waals surface area contributed by atoms with Gasteiger partial charge in [-0.05, 0) is 48.9 Å². The number of carbonyl (C=O) groups is 1. The zero-order valence-corrected chi connectivity index (χ0v) is 20.0. The zero-order chi connectivity index (χ0) is 23.7. The fourth-order valence-electron chi connectivity index (χ4n) is 4.51. The molecule has 0 bridgehead atoms. The van der Waals surface area contributed by atoms with Gasteiger partial charge in [0.25, 0.3) is 0 Å².